The Labute approximate surface area is 779 Å². The van der Waals surface area contributed by atoms with Gasteiger partial charge in [0.25, 0.3) is 29.6 Å². The van der Waals surface area contributed by atoms with Crippen LogP contribution in [-0.4, -0.2) is 146 Å². The van der Waals surface area contributed by atoms with E-state index in [9.17, 15) is 76.7 Å². The number of alkyl carbamates (subject to hydrolysis) is 3. The largest absolute Gasteiger partial charge is 0.491 e. The number of alkyl halides is 8. The molecule has 0 radical (unpaired) electrons. The molecule has 0 saturated carbocycles. The van der Waals surface area contributed by atoms with E-state index >= 15 is 0 Å². The zero-order chi connectivity index (χ0) is 97.0. The fourth-order valence-corrected chi connectivity index (χ4v) is 14.9. The van der Waals surface area contributed by atoms with Crippen molar-refractivity contribution in [2.24, 2.45) is 0 Å². The summed E-state index contributed by atoms with van der Waals surface area (Å²) in [5.74, 6) is -12.0. The second kappa shape index (κ2) is 43.1. The maximum atomic E-state index is 15.0. The van der Waals surface area contributed by atoms with E-state index < -0.39 is 94.9 Å². The van der Waals surface area contributed by atoms with Crippen LogP contribution in [0.5, 0.6) is 0 Å². The fourth-order valence-electron chi connectivity index (χ4n) is 14.4. The van der Waals surface area contributed by atoms with Crippen molar-refractivity contribution >= 4 is 128 Å². The van der Waals surface area contributed by atoms with Crippen LogP contribution in [0.1, 0.15) is 144 Å². The molecule has 5 N–H and O–H groups in total. The van der Waals surface area contributed by atoms with Crippen LogP contribution < -0.4 is 21.4 Å². The van der Waals surface area contributed by atoms with Crippen molar-refractivity contribution in [2.45, 2.75) is 155 Å². The molecule has 12 aromatic rings. The first kappa shape index (κ1) is 102. The van der Waals surface area contributed by atoms with E-state index in [1.54, 1.807) is 152 Å². The van der Waals surface area contributed by atoms with E-state index in [1.165, 1.54) is 28.0 Å². The van der Waals surface area contributed by atoms with E-state index in [4.69, 9.17) is 84.5 Å². The Bertz CT molecular complexity index is 5930. The Balaban J connectivity index is 0.000000179. The summed E-state index contributed by atoms with van der Waals surface area (Å²) in [6.45, 7) is 16.5. The van der Waals surface area contributed by atoms with Gasteiger partial charge < -0.3 is 68.2 Å². The number of benzene rings is 9. The average Bonchev–Trinajstić information content (AvgIpc) is 1.69. The normalized spacial score (nSPS) is 14.6. The third-order valence-corrected chi connectivity index (χ3v) is 21.6. The minimum atomic E-state index is -2.75. The second-order valence-electron chi connectivity index (χ2n) is 34.5. The number of carbonyl (C=O) groups is 5. The van der Waals surface area contributed by atoms with E-state index in [0.717, 1.165) is 63.5 Å². The molecule has 3 saturated heterocycles. The molecule has 3 aliphatic rings. The quantitative estimate of drug-likeness (QED) is 0.0211. The SMILES string of the molecule is CC(C)(C)OC(=O)NCc1cc2cc(-c3ccc(C(=O)N4CCC(F)(F)CC4)cc3)cc(-c3ccc(F)cc3F)c2o1.CC(C)(C)OC(=O)NCc1cc2cc(-c3ccc(C(=O)N4CCC(F)(F)CC4)cc3)cc(Cl)c2o1.CC(C)(C)OC(=O)NCc1cc2cc(-c3ccc(C(=S)N4CCC(F)(F)CC4)cc3)cc(-c3ccc(F)cc3F)c2o1.ClCCl.OB(O)c1ccc(F)cc1F. The maximum Gasteiger partial charge on any atom is 0.491 e. The Morgan fingerprint density at radius 3 is 1.00 bits per heavy atom. The van der Waals surface area contributed by atoms with Gasteiger partial charge in [-0.15, -0.1) is 23.2 Å². The number of halogens is 15. The Kier molecular flexibility index (Phi) is 33.0. The molecule has 3 aromatic heterocycles. The zero-order valence-electron chi connectivity index (χ0n) is 73.5. The lowest BCUT2D eigenvalue weighted by atomic mass is 9.80. The summed E-state index contributed by atoms with van der Waals surface area (Å²) in [6, 6.07) is 46.3. The van der Waals surface area contributed by atoms with Crippen molar-refractivity contribution in [3.05, 3.63) is 256 Å². The predicted molar refractivity (Wildman–Crippen MR) is 490 cm³/mol. The summed E-state index contributed by atoms with van der Waals surface area (Å²) in [5, 5.41) is 27.6. The molecule has 5 amide bonds. The lowest BCUT2D eigenvalue weighted by Crippen LogP contribution is -2.42. The number of nitrogens with zero attached hydrogens (tertiary/aromatic N) is 3. The second-order valence-corrected chi connectivity index (χ2v) is 36.1. The molecule has 0 unspecified atom stereocenters. The number of hydrogen-bond acceptors (Lipinski definition) is 14. The van der Waals surface area contributed by atoms with Crippen LogP contribution in [0.2, 0.25) is 5.02 Å². The van der Waals surface area contributed by atoms with Crippen molar-refractivity contribution in [1.29, 1.82) is 0 Å². The monoisotopic (exact) mass is 1930 g/mol. The van der Waals surface area contributed by atoms with E-state index in [2.05, 4.69) is 16.0 Å². The Morgan fingerprint density at radius 1 is 0.391 bits per heavy atom. The number of nitrogens with one attached hydrogen (secondary N) is 3. The summed E-state index contributed by atoms with van der Waals surface area (Å²) in [6.07, 6.45) is -3.57. The van der Waals surface area contributed by atoms with Crippen molar-refractivity contribution in [1.82, 2.24) is 30.7 Å². The molecular formula is C97H94BCl3F12N6O13S. The van der Waals surface area contributed by atoms with Gasteiger partial charge in [0, 0.05) is 157 Å². The number of likely N-dealkylation sites (tertiary alicyclic amines) is 3. The third-order valence-electron chi connectivity index (χ3n) is 20.8. The molecule has 3 aliphatic heterocycles. The molecule has 6 heterocycles. The lowest BCUT2D eigenvalue weighted by Gasteiger charge is -2.33. The van der Waals surface area contributed by atoms with Gasteiger partial charge in [0.2, 0.25) is 0 Å². The number of fused-ring (bicyclic) bond motifs is 3. The molecule has 0 bridgehead atoms. The highest BCUT2D eigenvalue weighted by Gasteiger charge is 2.39. The smallest absolute Gasteiger partial charge is 0.459 e. The summed E-state index contributed by atoms with van der Waals surface area (Å²) < 4.78 is 197. The van der Waals surface area contributed by atoms with Crippen LogP contribution in [0.3, 0.4) is 0 Å². The van der Waals surface area contributed by atoms with Crippen LogP contribution in [0.4, 0.5) is 67.1 Å². The fraction of sp³-hybridized carbons (Fsp3) is 0.320. The van der Waals surface area contributed by atoms with Crippen molar-refractivity contribution < 1.29 is 114 Å². The maximum absolute atomic E-state index is 15.0. The van der Waals surface area contributed by atoms with Crippen molar-refractivity contribution in [3.8, 4) is 55.6 Å². The number of hydrogen-bond donors (Lipinski definition) is 5. The molecule has 0 aliphatic carbocycles. The summed E-state index contributed by atoms with van der Waals surface area (Å²) >= 11 is 21.6. The van der Waals surface area contributed by atoms with Gasteiger partial charge in [0.15, 0.2) is 5.58 Å². The van der Waals surface area contributed by atoms with Gasteiger partial charge in [-0.25, -0.2) is 67.1 Å². The third kappa shape index (κ3) is 28.4. The first-order valence-corrected chi connectivity index (χ1v) is 43.8. The highest BCUT2D eigenvalue weighted by molar-refractivity contribution is 7.80. The van der Waals surface area contributed by atoms with Crippen LogP contribution in [0.15, 0.2) is 195 Å². The molecule has 3 fully saturated rings. The highest BCUT2D eigenvalue weighted by Crippen LogP contribution is 2.42. The zero-order valence-corrected chi connectivity index (χ0v) is 76.6. The molecule has 133 heavy (non-hydrogen) atoms. The topological polar surface area (TPSA) is 239 Å². The molecule has 19 nitrogen and oxygen atoms in total. The number of ether oxygens (including phenoxy) is 3. The summed E-state index contributed by atoms with van der Waals surface area (Å²) in [5.41, 5.74) is 6.17. The lowest BCUT2D eigenvalue weighted by molar-refractivity contribution is -0.0503. The molecule has 36 heteroatoms. The number of piperidine rings is 3. The minimum Gasteiger partial charge on any atom is -0.459 e. The van der Waals surface area contributed by atoms with Gasteiger partial charge in [-0.05, 0) is 205 Å². The Hall–Kier alpha value is -11.7. The number of rotatable bonds is 15. The van der Waals surface area contributed by atoms with Crippen LogP contribution in [0.25, 0.3) is 88.5 Å². The van der Waals surface area contributed by atoms with Gasteiger partial charge in [0.1, 0.15) is 85.1 Å². The molecule has 0 atom stereocenters. The average molecular weight is 1930 g/mol. The minimum absolute atomic E-state index is 0.0115. The molecule has 9 aromatic carbocycles. The number of carbonyl (C=O) groups excluding carboxylic acids is 5. The standard InChI is InChI=1S/C32H30F4N2O4.C32H30F4N2O3S.C26H27ClF2N2O4.C6H5BF2O2.CH2Cl2/c1-31(2,3)42-30(40)37-18-24-15-22-14-21(16-26(28(22)41-24)25-9-8-23(33)17-27(25)34)19-4-6-20(7-5-19)29(39)38-12-10-32(35,36)11-13-38;1-31(2,3)41-30(39)37-18-24-15-22-14-21(16-26(28(22)40-24)25-9-8-23(33)17-27(25)34)19-4-6-20(7-5-19)29(42)38-12-10-32(35,36)11-13-38;1-25(2,3)35-24(33)30-15-20-13-19-12-18(14-21(27)22(19)34-20)16-4-6-17(7-5-16)23(32)31-10-8-26(28,29)9-11-31;8-4-1-2-5(7(10)11)6(9)3-4;2-1-3/h4-9,14-17H,10-13,18H2,1-3H3,(H,37,40);4-9,14-17H,10-13,18H2,1-3H3,(H,37,39);4-7,12-14H,8-11,15H2,1-3H3,(H,30,33);1-3,10-11H;1H2. The molecule has 704 valence electrons. The molecule has 0 spiro atoms. The Morgan fingerprint density at radius 2 is 0.684 bits per heavy atom. The van der Waals surface area contributed by atoms with Gasteiger partial charge in [-0.2, -0.15) is 0 Å². The van der Waals surface area contributed by atoms with Crippen LogP contribution >= 0.6 is 47.0 Å². The van der Waals surface area contributed by atoms with Gasteiger partial charge in [0.05, 0.1) is 30.0 Å². The van der Waals surface area contributed by atoms with E-state index in [-0.39, 0.29) is 131 Å². The van der Waals surface area contributed by atoms with E-state index in [1.807, 2.05) is 42.5 Å². The molecule has 15 rings (SSSR count). The number of amides is 5. The van der Waals surface area contributed by atoms with Crippen LogP contribution in [-0.2, 0) is 33.8 Å². The van der Waals surface area contributed by atoms with Crippen molar-refractivity contribution in [2.75, 3.05) is 44.6 Å². The van der Waals surface area contributed by atoms with Gasteiger partial charge in [-0.3, -0.25) is 9.59 Å². The number of thiocarbonyl (C=S) groups is 1. The van der Waals surface area contributed by atoms with Crippen LogP contribution in [0, 0.1) is 34.9 Å². The number of furan rings is 3. The first-order chi connectivity index (χ1) is 62.5. The predicted octanol–water partition coefficient (Wildman–Crippen LogP) is 24.1. The summed E-state index contributed by atoms with van der Waals surface area (Å²) in [7, 11) is -1.89. The first-order valence-electron chi connectivity index (χ1n) is 41.9. The highest BCUT2D eigenvalue weighted by atomic mass is 35.5. The van der Waals surface area contributed by atoms with Crippen molar-refractivity contribution in [3.63, 3.8) is 0 Å². The molecular weight excluding hydrogens is 1830 g/mol. The van der Waals surface area contributed by atoms with E-state index in [0.29, 0.717) is 94.3 Å². The van der Waals surface area contributed by atoms with Gasteiger partial charge in [-0.1, -0.05) is 78.4 Å². The summed E-state index contributed by atoms with van der Waals surface area (Å²) in [4.78, 5) is 66.9. The van der Waals surface area contributed by atoms with Gasteiger partial charge >= 0.3 is 25.4 Å².